The highest BCUT2D eigenvalue weighted by Crippen LogP contribution is 2.29. The molecule has 3 aromatic rings. The first-order valence-electron chi connectivity index (χ1n) is 10.5. The lowest BCUT2D eigenvalue weighted by atomic mass is 9.91. The van der Waals surface area contributed by atoms with Crippen LogP contribution in [-0.2, 0) is 24.2 Å². The van der Waals surface area contributed by atoms with E-state index in [1.807, 2.05) is 15.6 Å². The molecule has 5 rings (SSSR count). The lowest BCUT2D eigenvalue weighted by molar-refractivity contribution is -0.137. The Morgan fingerprint density at radius 3 is 2.79 bits per heavy atom. The van der Waals surface area contributed by atoms with Crippen molar-refractivity contribution in [1.29, 1.82) is 0 Å². The van der Waals surface area contributed by atoms with Gasteiger partial charge in [-0.15, -0.1) is 0 Å². The van der Waals surface area contributed by atoms with E-state index in [2.05, 4.69) is 50.6 Å². The number of benzene rings is 1. The van der Waals surface area contributed by atoms with E-state index < -0.39 is 0 Å². The fourth-order valence-corrected chi connectivity index (χ4v) is 4.59. The number of aromatic nitrogens is 5. The van der Waals surface area contributed by atoms with E-state index >= 15 is 0 Å². The van der Waals surface area contributed by atoms with Crippen LogP contribution in [0, 0.1) is 5.92 Å². The number of aryl methyl sites for hydroxylation is 1. The second-order valence-electron chi connectivity index (χ2n) is 8.17. The van der Waals surface area contributed by atoms with Crippen LogP contribution in [0.25, 0.3) is 0 Å². The molecule has 0 bridgehead atoms. The SMILES string of the molecule is O=C(C1CCc2ncnn2C1)N1CCC(c2cc(Cc3ccccc3)[nH]n2)CC1. The van der Waals surface area contributed by atoms with Crippen LogP contribution < -0.4 is 0 Å². The molecule has 4 heterocycles. The lowest BCUT2D eigenvalue weighted by Crippen LogP contribution is -2.43. The third-order valence-electron chi connectivity index (χ3n) is 6.27. The Labute approximate surface area is 170 Å². The van der Waals surface area contributed by atoms with E-state index in [1.54, 1.807) is 6.33 Å². The topological polar surface area (TPSA) is 79.7 Å². The van der Waals surface area contributed by atoms with Gasteiger partial charge in [0.2, 0.25) is 5.91 Å². The molecule has 2 aliphatic rings. The Balaban J connectivity index is 1.16. The number of nitrogens with zero attached hydrogens (tertiary/aromatic N) is 5. The van der Waals surface area contributed by atoms with Gasteiger partial charge in [-0.05, 0) is 30.9 Å². The number of hydrogen-bond donors (Lipinski definition) is 1. The maximum atomic E-state index is 13.0. The van der Waals surface area contributed by atoms with Gasteiger partial charge in [0.15, 0.2) is 0 Å². The van der Waals surface area contributed by atoms with Gasteiger partial charge in [-0.25, -0.2) is 9.67 Å². The zero-order valence-corrected chi connectivity index (χ0v) is 16.5. The lowest BCUT2D eigenvalue weighted by Gasteiger charge is -2.34. The van der Waals surface area contributed by atoms with Crippen molar-refractivity contribution in [3.8, 4) is 0 Å². The molecule has 2 aliphatic heterocycles. The summed E-state index contributed by atoms with van der Waals surface area (Å²) in [6.45, 7) is 2.28. The van der Waals surface area contributed by atoms with E-state index in [0.717, 1.165) is 62.4 Å². The molecule has 1 aromatic carbocycles. The van der Waals surface area contributed by atoms with Crippen molar-refractivity contribution in [2.24, 2.45) is 5.92 Å². The van der Waals surface area contributed by atoms with Crippen LogP contribution in [0.5, 0.6) is 0 Å². The van der Waals surface area contributed by atoms with Crippen LogP contribution in [0.1, 0.15) is 48.0 Å². The van der Waals surface area contributed by atoms with E-state index in [4.69, 9.17) is 0 Å². The molecular formula is C22H26N6O. The zero-order chi connectivity index (χ0) is 19.6. The highest BCUT2D eigenvalue weighted by atomic mass is 16.2. The fraction of sp³-hybridized carbons (Fsp3) is 0.455. The molecule has 7 nitrogen and oxygen atoms in total. The average molecular weight is 390 g/mol. The molecule has 0 spiro atoms. The van der Waals surface area contributed by atoms with Gasteiger partial charge in [0, 0.05) is 37.5 Å². The number of amides is 1. The number of carbonyl (C=O) groups excluding carboxylic acids is 1. The summed E-state index contributed by atoms with van der Waals surface area (Å²) < 4.78 is 1.89. The summed E-state index contributed by atoms with van der Waals surface area (Å²) in [4.78, 5) is 19.3. The van der Waals surface area contributed by atoms with Gasteiger partial charge in [0.05, 0.1) is 18.2 Å². The molecule has 0 radical (unpaired) electrons. The summed E-state index contributed by atoms with van der Waals surface area (Å²) >= 11 is 0. The highest BCUT2D eigenvalue weighted by molar-refractivity contribution is 5.79. The Morgan fingerprint density at radius 2 is 1.97 bits per heavy atom. The molecule has 1 atom stereocenters. The summed E-state index contributed by atoms with van der Waals surface area (Å²) in [6, 6.07) is 12.6. The molecule has 150 valence electrons. The van der Waals surface area contributed by atoms with Crippen molar-refractivity contribution < 1.29 is 4.79 Å². The van der Waals surface area contributed by atoms with Crippen molar-refractivity contribution >= 4 is 5.91 Å². The van der Waals surface area contributed by atoms with Gasteiger partial charge in [0.1, 0.15) is 12.2 Å². The molecule has 0 aliphatic carbocycles. The Morgan fingerprint density at radius 1 is 1.14 bits per heavy atom. The van der Waals surface area contributed by atoms with E-state index in [0.29, 0.717) is 12.5 Å². The molecule has 7 heteroatoms. The fourth-order valence-electron chi connectivity index (χ4n) is 4.59. The molecule has 29 heavy (non-hydrogen) atoms. The maximum Gasteiger partial charge on any atom is 0.227 e. The predicted molar refractivity (Wildman–Crippen MR) is 108 cm³/mol. The van der Waals surface area contributed by atoms with Crippen LogP contribution in [0.2, 0.25) is 0 Å². The Bertz CT molecular complexity index is 970. The second-order valence-corrected chi connectivity index (χ2v) is 8.17. The number of likely N-dealkylation sites (tertiary alicyclic amines) is 1. The van der Waals surface area contributed by atoms with Gasteiger partial charge < -0.3 is 4.90 Å². The first kappa shape index (κ1) is 18.1. The van der Waals surface area contributed by atoms with Crippen molar-refractivity contribution in [2.45, 2.75) is 44.6 Å². The number of hydrogen-bond acceptors (Lipinski definition) is 4. The smallest absolute Gasteiger partial charge is 0.227 e. The van der Waals surface area contributed by atoms with E-state index in [9.17, 15) is 4.79 Å². The van der Waals surface area contributed by atoms with Crippen molar-refractivity contribution in [3.63, 3.8) is 0 Å². The normalized spacial score (nSPS) is 19.9. The monoisotopic (exact) mass is 390 g/mol. The number of fused-ring (bicyclic) bond motifs is 1. The van der Waals surface area contributed by atoms with Gasteiger partial charge in [-0.2, -0.15) is 10.2 Å². The summed E-state index contributed by atoms with van der Waals surface area (Å²) in [7, 11) is 0. The quantitative estimate of drug-likeness (QED) is 0.742. The van der Waals surface area contributed by atoms with Gasteiger partial charge in [0.25, 0.3) is 0 Å². The minimum Gasteiger partial charge on any atom is -0.342 e. The molecule has 1 fully saturated rings. The largest absolute Gasteiger partial charge is 0.342 e. The Kier molecular flexibility index (Phi) is 4.87. The minimum absolute atomic E-state index is 0.0311. The van der Waals surface area contributed by atoms with E-state index in [1.165, 1.54) is 5.56 Å². The summed E-state index contributed by atoms with van der Waals surface area (Å²) in [5.41, 5.74) is 3.56. The Hall–Kier alpha value is -2.96. The van der Waals surface area contributed by atoms with Gasteiger partial charge in [-0.3, -0.25) is 9.89 Å². The number of nitrogens with one attached hydrogen (secondary N) is 1. The van der Waals surface area contributed by atoms with Crippen LogP contribution >= 0.6 is 0 Å². The number of H-pyrrole nitrogens is 1. The standard InChI is InChI=1S/C22H26N6O/c29-22(18-6-7-21-23-15-24-28(21)14-18)27-10-8-17(9-11-27)20-13-19(25-26-20)12-16-4-2-1-3-5-16/h1-5,13,15,17-18H,6-12,14H2,(H,25,26). The summed E-state index contributed by atoms with van der Waals surface area (Å²) in [5.74, 6) is 1.73. The number of aromatic amines is 1. The number of carbonyl (C=O) groups is 1. The minimum atomic E-state index is 0.0311. The number of rotatable bonds is 4. The zero-order valence-electron chi connectivity index (χ0n) is 16.5. The van der Waals surface area contributed by atoms with E-state index in [-0.39, 0.29) is 11.8 Å². The van der Waals surface area contributed by atoms with Crippen molar-refractivity contribution in [3.05, 3.63) is 65.5 Å². The van der Waals surface area contributed by atoms with Crippen LogP contribution in [0.3, 0.4) is 0 Å². The van der Waals surface area contributed by atoms with Gasteiger partial charge >= 0.3 is 0 Å². The average Bonchev–Trinajstić information content (AvgIpc) is 3.43. The summed E-state index contributed by atoms with van der Waals surface area (Å²) in [5, 5.41) is 12.0. The number of piperidine rings is 1. The first-order valence-corrected chi connectivity index (χ1v) is 10.5. The molecule has 1 amide bonds. The molecular weight excluding hydrogens is 364 g/mol. The molecule has 2 aromatic heterocycles. The molecule has 1 saturated heterocycles. The van der Waals surface area contributed by atoms with Crippen LogP contribution in [0.4, 0.5) is 0 Å². The molecule has 0 saturated carbocycles. The molecule has 1 unspecified atom stereocenters. The van der Waals surface area contributed by atoms with Crippen molar-refractivity contribution in [2.75, 3.05) is 13.1 Å². The highest BCUT2D eigenvalue weighted by Gasteiger charge is 2.32. The molecule has 1 N–H and O–H groups in total. The second kappa shape index (κ2) is 7.81. The van der Waals surface area contributed by atoms with Crippen LogP contribution in [-0.4, -0.2) is 48.9 Å². The predicted octanol–water partition coefficient (Wildman–Crippen LogP) is 2.56. The summed E-state index contributed by atoms with van der Waals surface area (Å²) in [6.07, 6.45) is 6.12. The third-order valence-corrected chi connectivity index (χ3v) is 6.27. The van der Waals surface area contributed by atoms with Gasteiger partial charge in [-0.1, -0.05) is 30.3 Å². The first-order chi connectivity index (χ1) is 14.3. The maximum absolute atomic E-state index is 13.0. The third kappa shape index (κ3) is 3.81. The van der Waals surface area contributed by atoms with Crippen LogP contribution in [0.15, 0.2) is 42.7 Å². The van der Waals surface area contributed by atoms with Crippen molar-refractivity contribution in [1.82, 2.24) is 29.9 Å².